The van der Waals surface area contributed by atoms with Crippen LogP contribution in [0.5, 0.6) is 0 Å². The minimum absolute atomic E-state index is 0.0503. The Morgan fingerprint density at radius 2 is 0.633 bits per heavy atom. The number of carbonyl (C=O) groups is 3. The fourth-order valence-electron chi connectivity index (χ4n) is 19.8. The molecule has 120 heavy (non-hydrogen) atoms. The van der Waals surface area contributed by atoms with Crippen LogP contribution in [-0.2, 0) is 37.9 Å². The van der Waals surface area contributed by atoms with Gasteiger partial charge in [-0.05, 0) is 199 Å². The van der Waals surface area contributed by atoms with E-state index in [0.29, 0.717) is 129 Å². The minimum Gasteiger partial charge on any atom is -0.379 e. The summed E-state index contributed by atoms with van der Waals surface area (Å²) < 4.78 is 5.53. The maximum atomic E-state index is 13.1. The lowest BCUT2D eigenvalue weighted by Crippen LogP contribution is -2.54. The Balaban J connectivity index is 0.000000134. The number of hydrogen-bond donors (Lipinski definition) is 6. The predicted molar refractivity (Wildman–Crippen MR) is 470 cm³/mol. The van der Waals surface area contributed by atoms with E-state index in [1.165, 1.54) is 57.8 Å². The Morgan fingerprint density at radius 1 is 0.375 bits per heavy atom. The van der Waals surface area contributed by atoms with Gasteiger partial charge in [0.05, 0.1) is 89.9 Å². The number of nitrogens with one attached hydrogen (secondary N) is 3. The molecule has 1 unspecified atom stereocenters. The van der Waals surface area contributed by atoms with Crippen molar-refractivity contribution in [3.63, 3.8) is 0 Å². The summed E-state index contributed by atoms with van der Waals surface area (Å²) in [5.74, 6) is 0. The molecule has 24 nitrogen and oxygen atoms in total. The fraction of sp³-hybridized carbons (Fsp3) is 0.452. The fourth-order valence-corrected chi connectivity index (χ4v) is 20.3. The standard InChI is InChI=1S/3C31H37ClN6O2/c3*1-31(40,27-19-33-20-36(27)2)26-17-21-7-6-12-34-28(21)29(24-11-10-22(32)18-25(24)26)37-13-15-38(16-14-37)30(39)35-23-8-4-3-5-9-23/h3*6-7,10-12,17-20,23,29,40H,3-5,8-9,13-16H2,1-2H3,(H,35,39)/t29-,31?;29-,31+;29-,31-/m000/s1. The second-order valence-electron chi connectivity index (χ2n) is 34.3. The van der Waals surface area contributed by atoms with Crippen LogP contribution >= 0.6 is 34.8 Å². The van der Waals surface area contributed by atoms with Gasteiger partial charge in [0.15, 0.2) is 0 Å². The van der Waals surface area contributed by atoms with Crippen molar-refractivity contribution < 1.29 is 29.7 Å². The Bertz CT molecular complexity index is 4770. The zero-order valence-electron chi connectivity index (χ0n) is 69.6. The third-order valence-corrected chi connectivity index (χ3v) is 27.0. The zero-order valence-corrected chi connectivity index (χ0v) is 71.8. The highest BCUT2D eigenvalue weighted by atomic mass is 35.5. The molecular formula is C93H111Cl3N18O6. The summed E-state index contributed by atoms with van der Waals surface area (Å²) in [7, 11) is 5.65. The van der Waals surface area contributed by atoms with E-state index in [-0.39, 0.29) is 36.2 Å². The van der Waals surface area contributed by atoms with Crippen LogP contribution in [0.4, 0.5) is 14.4 Å². The molecule has 6 fully saturated rings. The summed E-state index contributed by atoms with van der Waals surface area (Å²) in [5.41, 5.74) is 11.7. The number of pyridine rings is 3. The van der Waals surface area contributed by atoms with Crippen LogP contribution in [-0.4, -0.2) is 203 Å². The first-order valence-electron chi connectivity index (χ1n) is 42.8. The topological polar surface area (TPSA) is 260 Å². The minimum atomic E-state index is -1.33. The number of rotatable bonds is 12. The van der Waals surface area contributed by atoms with Gasteiger partial charge in [-0.1, -0.05) is 129 Å². The largest absolute Gasteiger partial charge is 0.379 e. The lowest BCUT2D eigenvalue weighted by molar-refractivity contribution is 0.112. The molecule has 27 heteroatoms. The molecule has 6 amide bonds. The molecule has 6 aromatic heterocycles. The van der Waals surface area contributed by atoms with Crippen molar-refractivity contribution in [3.05, 3.63) is 246 Å². The predicted octanol–water partition coefficient (Wildman–Crippen LogP) is 14.9. The number of aromatic nitrogens is 9. The van der Waals surface area contributed by atoms with Gasteiger partial charge in [-0.25, -0.2) is 29.3 Å². The van der Waals surface area contributed by atoms with Gasteiger partial charge in [-0.2, -0.15) is 0 Å². The lowest BCUT2D eigenvalue weighted by atomic mass is 9.84. The van der Waals surface area contributed by atoms with E-state index in [0.717, 1.165) is 122 Å². The smallest absolute Gasteiger partial charge is 0.317 e. The van der Waals surface area contributed by atoms with Gasteiger partial charge in [0.1, 0.15) is 16.8 Å². The van der Waals surface area contributed by atoms with E-state index >= 15 is 0 Å². The van der Waals surface area contributed by atoms with Crippen LogP contribution < -0.4 is 16.0 Å². The first kappa shape index (κ1) is 84.0. The number of aryl methyl sites for hydroxylation is 3. The van der Waals surface area contributed by atoms with E-state index in [1.54, 1.807) is 58.3 Å². The second-order valence-corrected chi connectivity index (χ2v) is 35.6. The van der Waals surface area contributed by atoms with Crippen molar-refractivity contribution in [2.45, 2.75) is 170 Å². The third kappa shape index (κ3) is 17.6. The number of nitrogens with zero attached hydrogens (tertiary/aromatic N) is 15. The normalized spacial score (nSPS) is 21.6. The number of fused-ring (bicyclic) bond motifs is 6. The highest BCUT2D eigenvalue weighted by Gasteiger charge is 2.45. The second kappa shape index (κ2) is 36.2. The SMILES string of the molecule is Cn1cncc1C(C)(O)C1=Cc2cccnc2[C@@H](N2CCN(C(=O)NC3CCCCC3)CC2)c2ccc(Cl)cc21.Cn1cncc1[C@@](C)(O)C1=Cc2cccnc2[C@@H](N2CCN(C(=O)NC3CCCCC3)CC2)c2ccc(Cl)cc21.Cn1cncc1[C@](C)(O)C1=Cc2cccnc2[C@@H](N2CCN(C(=O)NC3CCCCC3)CC2)c2ccc(Cl)cc21. The Morgan fingerprint density at radius 3 is 0.875 bits per heavy atom. The van der Waals surface area contributed by atoms with Crippen LogP contribution in [0.1, 0.15) is 219 Å². The number of halogens is 3. The van der Waals surface area contributed by atoms with Gasteiger partial charge in [-0.15, -0.1) is 0 Å². The summed E-state index contributed by atoms with van der Waals surface area (Å²) in [6.45, 7) is 13.6. The molecular weight excluding hydrogens is 1570 g/mol. The number of imidazole rings is 3. The zero-order chi connectivity index (χ0) is 83.6. The molecule has 3 saturated heterocycles. The van der Waals surface area contributed by atoms with E-state index < -0.39 is 16.8 Å². The van der Waals surface area contributed by atoms with Crippen LogP contribution in [0.15, 0.2) is 147 Å². The summed E-state index contributed by atoms with van der Waals surface area (Å²) in [6, 6.07) is 30.3. The summed E-state index contributed by atoms with van der Waals surface area (Å²) in [6.07, 6.45) is 39.2. The molecule has 9 aromatic rings. The Hall–Kier alpha value is -9.60. The molecule has 9 aliphatic rings. The van der Waals surface area contributed by atoms with Crippen molar-refractivity contribution in [2.75, 3.05) is 78.5 Å². The third-order valence-electron chi connectivity index (χ3n) is 26.3. The van der Waals surface area contributed by atoms with Crippen LogP contribution in [0.2, 0.25) is 15.1 Å². The number of amides is 6. The molecule has 6 aliphatic carbocycles. The summed E-state index contributed by atoms with van der Waals surface area (Å²) in [4.78, 5) is 79.6. The highest BCUT2D eigenvalue weighted by Crippen LogP contribution is 2.51. The first-order chi connectivity index (χ1) is 58.0. The average Bonchev–Trinajstić information content (AvgIpc) is 1.60. The number of aliphatic hydroxyl groups is 3. The quantitative estimate of drug-likeness (QED) is 0.0664. The maximum Gasteiger partial charge on any atom is 0.317 e. The van der Waals surface area contributed by atoms with Gasteiger partial charge in [0.2, 0.25) is 0 Å². The number of piperazine rings is 3. The Kier molecular flexibility index (Phi) is 25.4. The summed E-state index contributed by atoms with van der Waals surface area (Å²) >= 11 is 19.7. The van der Waals surface area contributed by atoms with Crippen molar-refractivity contribution in [2.24, 2.45) is 21.1 Å². The molecule has 18 rings (SSSR count). The average molecular weight is 1680 g/mol. The first-order valence-corrected chi connectivity index (χ1v) is 44.0. The van der Waals surface area contributed by atoms with E-state index in [2.05, 4.69) is 82.0 Å². The monoisotopic (exact) mass is 1680 g/mol. The number of hydrogen-bond acceptors (Lipinski definition) is 15. The van der Waals surface area contributed by atoms with Gasteiger partial charge < -0.3 is 59.7 Å². The summed E-state index contributed by atoms with van der Waals surface area (Å²) in [5, 5.41) is 47.7. The van der Waals surface area contributed by atoms with Crippen LogP contribution in [0, 0.1) is 0 Å². The van der Waals surface area contributed by atoms with E-state index in [4.69, 9.17) is 49.8 Å². The van der Waals surface area contributed by atoms with E-state index in [9.17, 15) is 29.7 Å². The molecule has 6 atom stereocenters. The highest BCUT2D eigenvalue weighted by molar-refractivity contribution is 6.31. The number of benzene rings is 3. The van der Waals surface area contributed by atoms with Gasteiger partial charge in [0, 0.05) is 151 Å². The molecule has 9 heterocycles. The van der Waals surface area contributed by atoms with Gasteiger partial charge in [0.25, 0.3) is 0 Å². The van der Waals surface area contributed by atoms with Gasteiger partial charge in [-0.3, -0.25) is 29.7 Å². The number of carbonyl (C=O) groups excluding carboxylic acids is 3. The molecule has 630 valence electrons. The van der Waals surface area contributed by atoms with Gasteiger partial charge >= 0.3 is 18.1 Å². The molecule has 3 saturated carbocycles. The molecule has 3 aliphatic heterocycles. The molecule has 0 spiro atoms. The molecule has 6 N–H and O–H groups in total. The van der Waals surface area contributed by atoms with Crippen LogP contribution in [0.25, 0.3) is 34.9 Å². The van der Waals surface area contributed by atoms with Crippen LogP contribution in [0.3, 0.4) is 0 Å². The van der Waals surface area contributed by atoms with Crippen molar-refractivity contribution >= 4 is 87.8 Å². The maximum absolute atomic E-state index is 13.1. The molecule has 3 aromatic carbocycles. The number of urea groups is 3. The lowest BCUT2D eigenvalue weighted by Gasteiger charge is -2.40. The Labute approximate surface area is 718 Å². The molecule has 0 radical (unpaired) electrons. The molecule has 0 bridgehead atoms. The van der Waals surface area contributed by atoms with Crippen molar-refractivity contribution in [3.8, 4) is 0 Å². The van der Waals surface area contributed by atoms with Crippen molar-refractivity contribution in [1.29, 1.82) is 0 Å². The van der Waals surface area contributed by atoms with Crippen molar-refractivity contribution in [1.82, 2.24) is 89.0 Å². The van der Waals surface area contributed by atoms with E-state index in [1.807, 2.05) is 141 Å².